The number of nitrogens with one attached hydrogen (secondary N) is 1. The number of hydrogen-bond acceptors (Lipinski definition) is 3. The minimum absolute atomic E-state index is 0.0338. The van der Waals surface area contributed by atoms with Crippen molar-refractivity contribution in [3.63, 3.8) is 0 Å². The van der Waals surface area contributed by atoms with Crippen molar-refractivity contribution in [3.8, 4) is 0 Å². The molecule has 0 aliphatic heterocycles. The topological polar surface area (TPSA) is 49.4 Å². The molecule has 0 fully saturated rings. The van der Waals surface area contributed by atoms with E-state index in [1.807, 2.05) is 27.7 Å². The first kappa shape index (κ1) is 27.8. The molecule has 1 atom stereocenters. The van der Waals surface area contributed by atoms with Crippen LogP contribution in [-0.2, 0) is 21.9 Å². The van der Waals surface area contributed by atoms with Crippen LogP contribution in [0.3, 0.4) is 0 Å². The number of thioether (sulfide) groups is 1. The highest BCUT2D eigenvalue weighted by atomic mass is 35.5. The van der Waals surface area contributed by atoms with Gasteiger partial charge in [-0.1, -0.05) is 53.9 Å². The van der Waals surface area contributed by atoms with Crippen LogP contribution in [0.4, 0.5) is 4.39 Å². The molecule has 2 amide bonds. The summed E-state index contributed by atoms with van der Waals surface area (Å²) in [6.07, 6.45) is 0.402. The molecule has 0 saturated carbocycles. The molecular weight excluding hydrogens is 506 g/mol. The van der Waals surface area contributed by atoms with Gasteiger partial charge in [-0.2, -0.15) is 0 Å². The van der Waals surface area contributed by atoms with E-state index in [0.29, 0.717) is 32.6 Å². The number of amides is 2. The van der Waals surface area contributed by atoms with Crippen molar-refractivity contribution in [2.75, 3.05) is 5.75 Å². The molecular formula is C24H28Cl3FN2O2S. The predicted octanol–water partition coefficient (Wildman–Crippen LogP) is 6.74. The summed E-state index contributed by atoms with van der Waals surface area (Å²) < 4.78 is 14.1. The van der Waals surface area contributed by atoms with E-state index in [4.69, 9.17) is 34.8 Å². The van der Waals surface area contributed by atoms with Gasteiger partial charge < -0.3 is 10.2 Å². The Bertz CT molecular complexity index is 958. The summed E-state index contributed by atoms with van der Waals surface area (Å²) in [6, 6.07) is 8.86. The Kier molecular flexibility index (Phi) is 10.3. The van der Waals surface area contributed by atoms with Crippen molar-refractivity contribution >= 4 is 58.4 Å². The normalized spacial score (nSPS) is 12.4. The van der Waals surface area contributed by atoms with E-state index in [0.717, 1.165) is 0 Å². The highest BCUT2D eigenvalue weighted by Gasteiger charge is 2.31. The van der Waals surface area contributed by atoms with Crippen LogP contribution in [0.25, 0.3) is 0 Å². The Morgan fingerprint density at radius 3 is 2.09 bits per heavy atom. The maximum atomic E-state index is 14.1. The first-order chi connectivity index (χ1) is 15.4. The SMILES string of the molecule is CC[C@H](C(=O)NC(C)(C)C)N(Cc1c(Cl)cccc1Cl)C(=O)CSCc1c(F)cccc1Cl. The third-order valence-corrected chi connectivity index (χ3v) is 6.81. The Labute approximate surface area is 214 Å². The van der Waals surface area contributed by atoms with Gasteiger partial charge >= 0.3 is 0 Å². The lowest BCUT2D eigenvalue weighted by molar-refractivity contribution is -0.140. The van der Waals surface area contributed by atoms with Gasteiger partial charge in [0, 0.05) is 44.0 Å². The quantitative estimate of drug-likeness (QED) is 0.388. The van der Waals surface area contributed by atoms with Gasteiger partial charge in [-0.3, -0.25) is 9.59 Å². The van der Waals surface area contributed by atoms with Gasteiger partial charge in [0.1, 0.15) is 11.9 Å². The van der Waals surface area contributed by atoms with Crippen molar-refractivity contribution in [2.24, 2.45) is 0 Å². The van der Waals surface area contributed by atoms with E-state index >= 15 is 0 Å². The molecule has 0 aliphatic rings. The van der Waals surface area contributed by atoms with Gasteiger partial charge in [0.05, 0.1) is 5.75 Å². The summed E-state index contributed by atoms with van der Waals surface area (Å²) in [6.45, 7) is 7.55. The average molecular weight is 534 g/mol. The lowest BCUT2D eigenvalue weighted by atomic mass is 10.1. The van der Waals surface area contributed by atoms with Gasteiger partial charge in [0.25, 0.3) is 0 Å². The highest BCUT2D eigenvalue weighted by Crippen LogP contribution is 2.28. The number of carbonyl (C=O) groups excluding carboxylic acids is 2. The first-order valence-electron chi connectivity index (χ1n) is 10.5. The van der Waals surface area contributed by atoms with E-state index in [2.05, 4.69) is 5.32 Å². The molecule has 9 heteroatoms. The molecule has 0 unspecified atom stereocenters. The number of nitrogens with zero attached hydrogens (tertiary/aromatic N) is 1. The first-order valence-corrected chi connectivity index (χ1v) is 12.8. The second kappa shape index (κ2) is 12.3. The molecule has 4 nitrogen and oxygen atoms in total. The van der Waals surface area contributed by atoms with Gasteiger partial charge in [-0.25, -0.2) is 4.39 Å². The van der Waals surface area contributed by atoms with Gasteiger partial charge in [0.2, 0.25) is 11.8 Å². The van der Waals surface area contributed by atoms with Gasteiger partial charge in [0.15, 0.2) is 0 Å². The fraction of sp³-hybridized carbons (Fsp3) is 0.417. The summed E-state index contributed by atoms with van der Waals surface area (Å²) >= 11 is 20.0. The number of benzene rings is 2. The second-order valence-electron chi connectivity index (χ2n) is 8.58. The van der Waals surface area contributed by atoms with E-state index < -0.39 is 17.4 Å². The summed E-state index contributed by atoms with van der Waals surface area (Å²) in [5.41, 5.74) is 0.450. The summed E-state index contributed by atoms with van der Waals surface area (Å²) in [5, 5.41) is 4.08. The molecule has 0 radical (unpaired) electrons. The van der Waals surface area contributed by atoms with Crippen LogP contribution in [-0.4, -0.2) is 34.0 Å². The Hall–Kier alpha value is -1.47. The lowest BCUT2D eigenvalue weighted by Gasteiger charge is -2.33. The smallest absolute Gasteiger partial charge is 0.243 e. The molecule has 0 aliphatic carbocycles. The predicted molar refractivity (Wildman–Crippen MR) is 137 cm³/mol. The molecule has 0 spiro atoms. The van der Waals surface area contributed by atoms with E-state index in [9.17, 15) is 14.0 Å². The third-order valence-electron chi connectivity index (χ3n) is 4.81. The molecule has 0 aromatic heterocycles. The average Bonchev–Trinajstić information content (AvgIpc) is 2.70. The zero-order valence-electron chi connectivity index (χ0n) is 19.1. The lowest BCUT2D eigenvalue weighted by Crippen LogP contribution is -2.53. The van der Waals surface area contributed by atoms with E-state index in [-0.39, 0.29) is 29.9 Å². The molecule has 180 valence electrons. The summed E-state index contributed by atoms with van der Waals surface area (Å²) in [7, 11) is 0. The maximum Gasteiger partial charge on any atom is 0.243 e. The zero-order valence-corrected chi connectivity index (χ0v) is 22.1. The Morgan fingerprint density at radius 1 is 1.03 bits per heavy atom. The molecule has 1 N–H and O–H groups in total. The second-order valence-corrected chi connectivity index (χ2v) is 10.8. The minimum atomic E-state index is -0.721. The number of carbonyl (C=O) groups is 2. The Morgan fingerprint density at radius 2 is 1.58 bits per heavy atom. The zero-order chi connectivity index (χ0) is 24.8. The monoisotopic (exact) mass is 532 g/mol. The highest BCUT2D eigenvalue weighted by molar-refractivity contribution is 7.99. The van der Waals surface area contributed by atoms with Crippen LogP contribution in [0.15, 0.2) is 36.4 Å². The fourth-order valence-electron chi connectivity index (χ4n) is 3.22. The number of halogens is 4. The Balaban J connectivity index is 2.26. The molecule has 2 aromatic carbocycles. The van der Waals surface area contributed by atoms with Crippen molar-refractivity contribution in [3.05, 3.63) is 68.4 Å². The van der Waals surface area contributed by atoms with Crippen LogP contribution in [0, 0.1) is 5.82 Å². The minimum Gasteiger partial charge on any atom is -0.350 e. The molecule has 0 heterocycles. The molecule has 0 bridgehead atoms. The van der Waals surface area contributed by atoms with Crippen molar-refractivity contribution < 1.29 is 14.0 Å². The van der Waals surface area contributed by atoms with Gasteiger partial charge in [-0.15, -0.1) is 11.8 Å². The largest absolute Gasteiger partial charge is 0.350 e. The fourth-order valence-corrected chi connectivity index (χ4v) is 4.99. The standard InChI is InChI=1S/C24H28Cl3FN2O2S/c1-5-21(23(32)29-24(2,3)4)30(12-15-17(25)8-6-9-18(15)26)22(31)14-33-13-16-19(27)10-7-11-20(16)28/h6-11,21H,5,12-14H2,1-4H3,(H,29,32)/t21-/m1/s1. The van der Waals surface area contributed by atoms with Gasteiger partial charge in [-0.05, 0) is 51.5 Å². The van der Waals surface area contributed by atoms with Crippen molar-refractivity contribution in [2.45, 2.75) is 58.0 Å². The van der Waals surface area contributed by atoms with E-state index in [1.54, 1.807) is 24.3 Å². The van der Waals surface area contributed by atoms with Crippen molar-refractivity contribution in [1.29, 1.82) is 0 Å². The maximum absolute atomic E-state index is 14.1. The van der Waals surface area contributed by atoms with Crippen LogP contribution in [0.5, 0.6) is 0 Å². The van der Waals surface area contributed by atoms with Crippen LogP contribution >= 0.6 is 46.6 Å². The molecule has 0 saturated heterocycles. The summed E-state index contributed by atoms with van der Waals surface area (Å²) in [4.78, 5) is 27.8. The molecule has 33 heavy (non-hydrogen) atoms. The van der Waals surface area contributed by atoms with E-state index in [1.165, 1.54) is 28.8 Å². The summed E-state index contributed by atoms with van der Waals surface area (Å²) in [5.74, 6) is -0.698. The molecule has 2 aromatic rings. The molecule has 2 rings (SSSR count). The number of rotatable bonds is 9. The van der Waals surface area contributed by atoms with Crippen LogP contribution in [0.2, 0.25) is 15.1 Å². The van der Waals surface area contributed by atoms with Crippen molar-refractivity contribution in [1.82, 2.24) is 10.2 Å². The van der Waals surface area contributed by atoms with Crippen LogP contribution < -0.4 is 5.32 Å². The number of hydrogen-bond donors (Lipinski definition) is 1. The van der Waals surface area contributed by atoms with Crippen LogP contribution in [0.1, 0.15) is 45.2 Å². The third kappa shape index (κ3) is 8.06.